The Balaban J connectivity index is 4.04. The van der Waals surface area contributed by atoms with Gasteiger partial charge in [0.15, 0.2) is 0 Å². The van der Waals surface area contributed by atoms with E-state index in [2.05, 4.69) is 20.4 Å². The van der Waals surface area contributed by atoms with Gasteiger partial charge in [0.25, 0.3) is 0 Å². The van der Waals surface area contributed by atoms with E-state index in [1.165, 1.54) is 25.7 Å². The smallest absolute Gasteiger partial charge is 0.348 e. The van der Waals surface area contributed by atoms with Crippen molar-refractivity contribution in [2.45, 2.75) is 77.7 Å². The normalized spacial score (nSPS) is 11.6. The fraction of sp³-hybridized carbons (Fsp3) is 0.750. The first-order chi connectivity index (χ1) is 9.15. The van der Waals surface area contributed by atoms with Gasteiger partial charge < -0.3 is 4.74 Å². The minimum Gasteiger partial charge on any atom is -0.458 e. The van der Waals surface area contributed by atoms with Crippen LogP contribution in [0.15, 0.2) is 12.2 Å². The summed E-state index contributed by atoms with van der Waals surface area (Å²) in [5, 5.41) is 8.62. The average molecular weight is 265 g/mol. The van der Waals surface area contributed by atoms with Crippen molar-refractivity contribution >= 4 is 5.97 Å². The van der Waals surface area contributed by atoms with Crippen molar-refractivity contribution in [2.75, 3.05) is 0 Å². The Kier molecular flexibility index (Phi) is 11.0. The van der Waals surface area contributed by atoms with Crippen LogP contribution in [-0.4, -0.2) is 12.1 Å². The van der Waals surface area contributed by atoms with Crippen LogP contribution in [0.4, 0.5) is 0 Å². The summed E-state index contributed by atoms with van der Waals surface area (Å²) in [6.07, 6.45) is 9.88. The zero-order valence-electron chi connectivity index (χ0n) is 12.4. The molecule has 0 bridgehead atoms. The zero-order chi connectivity index (χ0) is 14.5. The SMILES string of the molecule is C=C(C#N)C(=O)OC(CCCC)CCCCCCC. The highest BCUT2D eigenvalue weighted by atomic mass is 16.5. The predicted octanol–water partition coefficient (Wildman–Crippen LogP) is 4.53. The summed E-state index contributed by atoms with van der Waals surface area (Å²) in [5.74, 6) is -0.558. The third kappa shape index (κ3) is 9.30. The van der Waals surface area contributed by atoms with E-state index in [-0.39, 0.29) is 11.7 Å². The number of nitrogens with zero attached hydrogens (tertiary/aromatic N) is 1. The summed E-state index contributed by atoms with van der Waals surface area (Å²) in [4.78, 5) is 11.5. The van der Waals surface area contributed by atoms with Gasteiger partial charge in [-0.2, -0.15) is 5.26 Å². The van der Waals surface area contributed by atoms with Crippen LogP contribution in [0.3, 0.4) is 0 Å². The molecule has 0 spiro atoms. The van der Waals surface area contributed by atoms with Crippen molar-refractivity contribution in [3.63, 3.8) is 0 Å². The Morgan fingerprint density at radius 1 is 1.11 bits per heavy atom. The summed E-state index contributed by atoms with van der Waals surface area (Å²) in [6, 6.07) is 1.74. The molecule has 0 saturated heterocycles. The van der Waals surface area contributed by atoms with Gasteiger partial charge in [-0.1, -0.05) is 59.0 Å². The van der Waals surface area contributed by atoms with E-state index in [0.29, 0.717) is 0 Å². The van der Waals surface area contributed by atoms with Crippen LogP contribution < -0.4 is 0 Å². The van der Waals surface area contributed by atoms with Crippen LogP contribution >= 0.6 is 0 Å². The van der Waals surface area contributed by atoms with Crippen LogP contribution in [0.5, 0.6) is 0 Å². The second-order valence-corrected chi connectivity index (χ2v) is 4.96. The molecule has 0 radical (unpaired) electrons. The Hall–Kier alpha value is -1.30. The average Bonchev–Trinajstić information content (AvgIpc) is 2.42. The number of carbonyl (C=O) groups is 1. The zero-order valence-corrected chi connectivity index (χ0v) is 12.4. The summed E-state index contributed by atoms with van der Waals surface area (Å²) >= 11 is 0. The van der Waals surface area contributed by atoms with Crippen LogP contribution in [0.1, 0.15) is 71.6 Å². The van der Waals surface area contributed by atoms with Gasteiger partial charge in [-0.3, -0.25) is 0 Å². The molecule has 3 nitrogen and oxygen atoms in total. The standard InChI is InChI=1S/C16H27NO2/c1-4-6-8-9-10-12-15(11-7-5-2)19-16(18)14(3)13-17/h15H,3-12H2,1-2H3. The first kappa shape index (κ1) is 17.7. The van der Waals surface area contributed by atoms with Gasteiger partial charge in [0, 0.05) is 0 Å². The van der Waals surface area contributed by atoms with Crippen LogP contribution in [0, 0.1) is 11.3 Å². The highest BCUT2D eigenvalue weighted by molar-refractivity contribution is 5.92. The highest BCUT2D eigenvalue weighted by Crippen LogP contribution is 2.15. The lowest BCUT2D eigenvalue weighted by Crippen LogP contribution is -2.19. The fourth-order valence-corrected chi connectivity index (χ4v) is 1.94. The monoisotopic (exact) mass is 265 g/mol. The first-order valence-corrected chi connectivity index (χ1v) is 7.45. The third-order valence-corrected chi connectivity index (χ3v) is 3.16. The second kappa shape index (κ2) is 11.8. The van der Waals surface area contributed by atoms with Gasteiger partial charge >= 0.3 is 5.97 Å². The van der Waals surface area contributed by atoms with E-state index in [4.69, 9.17) is 10.00 Å². The Bertz CT molecular complexity index is 304. The number of hydrogen-bond acceptors (Lipinski definition) is 3. The van der Waals surface area contributed by atoms with Gasteiger partial charge in [-0.25, -0.2) is 4.79 Å². The molecule has 1 unspecified atom stereocenters. The lowest BCUT2D eigenvalue weighted by atomic mass is 10.0. The maximum atomic E-state index is 11.5. The summed E-state index contributed by atoms with van der Waals surface area (Å²) in [7, 11) is 0. The molecule has 108 valence electrons. The lowest BCUT2D eigenvalue weighted by Gasteiger charge is -2.17. The van der Waals surface area contributed by atoms with Gasteiger partial charge in [0.05, 0.1) is 0 Å². The van der Waals surface area contributed by atoms with Gasteiger partial charge in [-0.05, 0) is 19.3 Å². The van der Waals surface area contributed by atoms with Gasteiger partial charge in [0.1, 0.15) is 17.7 Å². The molecule has 1 atom stereocenters. The Morgan fingerprint density at radius 2 is 1.68 bits per heavy atom. The van der Waals surface area contributed by atoms with Crippen LogP contribution in [0.2, 0.25) is 0 Å². The Labute approximate surface area is 117 Å². The first-order valence-electron chi connectivity index (χ1n) is 7.45. The summed E-state index contributed by atoms with van der Waals surface area (Å²) in [6.45, 7) is 7.70. The van der Waals surface area contributed by atoms with Crippen molar-refractivity contribution in [3.8, 4) is 6.07 Å². The molecule has 0 aliphatic carbocycles. The summed E-state index contributed by atoms with van der Waals surface area (Å²) in [5.41, 5.74) is -0.104. The molecule has 0 aromatic heterocycles. The quantitative estimate of drug-likeness (QED) is 0.239. The molecule has 0 saturated carbocycles. The number of carbonyl (C=O) groups excluding carboxylic acids is 1. The number of unbranched alkanes of at least 4 members (excludes halogenated alkanes) is 5. The molecule has 0 fully saturated rings. The highest BCUT2D eigenvalue weighted by Gasteiger charge is 2.16. The molecule has 0 N–H and O–H groups in total. The number of nitriles is 1. The maximum Gasteiger partial charge on any atom is 0.348 e. The molecule has 0 aliphatic heterocycles. The van der Waals surface area contributed by atoms with Gasteiger partial charge in [0.2, 0.25) is 0 Å². The van der Waals surface area contributed by atoms with E-state index in [0.717, 1.165) is 32.1 Å². The number of esters is 1. The molecule has 3 heteroatoms. The van der Waals surface area contributed by atoms with Crippen LogP contribution in [0.25, 0.3) is 0 Å². The molecular formula is C16H27NO2. The van der Waals surface area contributed by atoms with E-state index in [1.807, 2.05) is 0 Å². The fourth-order valence-electron chi connectivity index (χ4n) is 1.94. The lowest BCUT2D eigenvalue weighted by molar-refractivity contribution is -0.144. The van der Waals surface area contributed by atoms with Crippen molar-refractivity contribution < 1.29 is 9.53 Å². The minimum atomic E-state index is -0.558. The van der Waals surface area contributed by atoms with Crippen molar-refractivity contribution in [1.29, 1.82) is 5.26 Å². The Morgan fingerprint density at radius 3 is 2.26 bits per heavy atom. The van der Waals surface area contributed by atoms with Gasteiger partial charge in [-0.15, -0.1) is 0 Å². The molecule has 0 amide bonds. The molecule has 0 aromatic carbocycles. The van der Waals surface area contributed by atoms with Crippen molar-refractivity contribution in [1.82, 2.24) is 0 Å². The summed E-state index contributed by atoms with van der Waals surface area (Å²) < 4.78 is 5.35. The van der Waals surface area contributed by atoms with Crippen LogP contribution in [-0.2, 0) is 9.53 Å². The topological polar surface area (TPSA) is 50.1 Å². The number of ether oxygens (including phenoxy) is 1. The van der Waals surface area contributed by atoms with E-state index >= 15 is 0 Å². The van der Waals surface area contributed by atoms with E-state index < -0.39 is 5.97 Å². The largest absolute Gasteiger partial charge is 0.458 e. The predicted molar refractivity (Wildman–Crippen MR) is 77.5 cm³/mol. The van der Waals surface area contributed by atoms with Crippen molar-refractivity contribution in [3.05, 3.63) is 12.2 Å². The van der Waals surface area contributed by atoms with Crippen molar-refractivity contribution in [2.24, 2.45) is 0 Å². The van der Waals surface area contributed by atoms with E-state index in [1.54, 1.807) is 6.07 Å². The number of hydrogen-bond donors (Lipinski definition) is 0. The molecule has 0 rings (SSSR count). The molecule has 0 aromatic rings. The van der Waals surface area contributed by atoms with E-state index in [9.17, 15) is 4.79 Å². The maximum absolute atomic E-state index is 11.5. The third-order valence-electron chi connectivity index (χ3n) is 3.16. The minimum absolute atomic E-state index is 0.0563. The number of rotatable bonds is 11. The molecule has 19 heavy (non-hydrogen) atoms. The molecule has 0 aliphatic rings. The molecular weight excluding hydrogens is 238 g/mol. The second-order valence-electron chi connectivity index (χ2n) is 4.96. The molecule has 0 heterocycles.